The zero-order valence-electron chi connectivity index (χ0n) is 6.79. The molecule has 0 saturated heterocycles. The number of rotatable bonds is 0. The maximum atomic E-state index is 9.00. The molecule has 0 fully saturated rings. The molecule has 0 spiro atoms. The summed E-state index contributed by atoms with van der Waals surface area (Å²) in [4.78, 5) is 9.00. The minimum Gasteiger partial charge on any atom is -0.508 e. The van der Waals surface area contributed by atoms with E-state index in [0.717, 1.165) is 6.92 Å². The third-order valence-corrected chi connectivity index (χ3v) is 1.64. The van der Waals surface area contributed by atoms with E-state index in [1.54, 1.807) is 6.07 Å². The number of hydrogen-bond acceptors (Lipinski definition) is 2. The second kappa shape index (κ2) is 5.67. The summed E-state index contributed by atoms with van der Waals surface area (Å²) < 4.78 is 0. The molecule has 5 heteroatoms. The Bertz CT molecular complexity index is 295. The van der Waals surface area contributed by atoms with Crippen LogP contribution in [0.25, 0.3) is 0 Å². The highest BCUT2D eigenvalue weighted by Gasteiger charge is 1.95. The maximum Gasteiger partial charge on any atom is 0.300 e. The molecule has 0 aliphatic carbocycles. The quantitative estimate of drug-likeness (QED) is 0.710. The summed E-state index contributed by atoms with van der Waals surface area (Å²) in [5.74, 6) is -0.704. The Morgan fingerprint density at radius 1 is 1.31 bits per heavy atom. The van der Waals surface area contributed by atoms with Crippen molar-refractivity contribution in [2.75, 3.05) is 0 Å². The van der Waals surface area contributed by atoms with Crippen LogP contribution in [0.5, 0.6) is 5.75 Å². The fourth-order valence-electron chi connectivity index (χ4n) is 0.485. The summed E-state index contributed by atoms with van der Waals surface area (Å²) in [5, 5.41) is 17.0. The van der Waals surface area contributed by atoms with E-state index in [0.29, 0.717) is 10.0 Å². The Balaban J connectivity index is 0.000000310. The molecule has 2 N–H and O–H groups in total. The Morgan fingerprint density at radius 2 is 1.77 bits per heavy atom. The molecule has 0 amide bonds. The van der Waals surface area contributed by atoms with Gasteiger partial charge in [-0.2, -0.15) is 0 Å². The standard InChI is InChI=1S/C6H4Cl2O.C2H4O2/c7-5-2-1-4(9)3-6(5)8;1-2(3)4/h1-3,9H;1H3,(H,3,4). The molecule has 0 saturated carbocycles. The van der Waals surface area contributed by atoms with Crippen molar-refractivity contribution in [1.29, 1.82) is 0 Å². The zero-order valence-corrected chi connectivity index (χ0v) is 8.30. The van der Waals surface area contributed by atoms with Crippen LogP contribution in [0, 0.1) is 0 Å². The molecular formula is C8H8Cl2O3. The minimum absolute atomic E-state index is 0.129. The van der Waals surface area contributed by atoms with E-state index in [1.165, 1.54) is 12.1 Å². The first-order valence-electron chi connectivity index (χ1n) is 3.27. The Hall–Kier alpha value is -0.930. The number of aromatic hydroxyl groups is 1. The number of hydrogen-bond donors (Lipinski definition) is 2. The lowest BCUT2D eigenvalue weighted by Gasteiger charge is -1.93. The van der Waals surface area contributed by atoms with Gasteiger partial charge in [0.2, 0.25) is 0 Å². The average Bonchev–Trinajstić information content (AvgIpc) is 1.96. The number of carboxylic acid groups (broad SMARTS) is 1. The van der Waals surface area contributed by atoms with Crippen LogP contribution in [0.2, 0.25) is 10.0 Å². The summed E-state index contributed by atoms with van der Waals surface area (Å²) >= 11 is 11.1. The lowest BCUT2D eigenvalue weighted by molar-refractivity contribution is -0.134. The first kappa shape index (κ1) is 12.1. The van der Waals surface area contributed by atoms with Crippen LogP contribution in [0.3, 0.4) is 0 Å². The molecule has 0 unspecified atom stereocenters. The van der Waals surface area contributed by atoms with Gasteiger partial charge in [0.15, 0.2) is 0 Å². The van der Waals surface area contributed by atoms with E-state index in [2.05, 4.69) is 0 Å². The Morgan fingerprint density at radius 3 is 2.08 bits per heavy atom. The minimum atomic E-state index is -0.833. The molecule has 13 heavy (non-hydrogen) atoms. The Kier molecular flexibility index (Phi) is 5.26. The molecule has 0 atom stereocenters. The fraction of sp³-hybridized carbons (Fsp3) is 0.125. The van der Waals surface area contributed by atoms with Gasteiger partial charge >= 0.3 is 0 Å². The molecule has 0 aliphatic rings. The molecule has 1 aromatic carbocycles. The van der Waals surface area contributed by atoms with E-state index >= 15 is 0 Å². The van der Waals surface area contributed by atoms with Gasteiger partial charge in [-0.25, -0.2) is 0 Å². The smallest absolute Gasteiger partial charge is 0.300 e. The van der Waals surface area contributed by atoms with Crippen molar-refractivity contribution in [3.8, 4) is 5.75 Å². The molecule has 1 aromatic rings. The van der Waals surface area contributed by atoms with Crippen LogP contribution in [-0.2, 0) is 4.79 Å². The molecule has 0 radical (unpaired) electrons. The summed E-state index contributed by atoms with van der Waals surface area (Å²) in [6.45, 7) is 1.08. The van der Waals surface area contributed by atoms with E-state index in [-0.39, 0.29) is 5.75 Å². The van der Waals surface area contributed by atoms with Gasteiger partial charge in [-0.15, -0.1) is 0 Å². The number of benzene rings is 1. The fourth-order valence-corrected chi connectivity index (χ4v) is 0.777. The highest BCUT2D eigenvalue weighted by Crippen LogP contribution is 2.24. The van der Waals surface area contributed by atoms with Gasteiger partial charge in [-0.3, -0.25) is 4.79 Å². The normalized spacial score (nSPS) is 8.54. The third-order valence-electron chi connectivity index (χ3n) is 0.903. The lowest BCUT2D eigenvalue weighted by atomic mass is 10.3. The van der Waals surface area contributed by atoms with Gasteiger partial charge in [-0.1, -0.05) is 23.2 Å². The van der Waals surface area contributed by atoms with Crippen LogP contribution in [0.4, 0.5) is 0 Å². The van der Waals surface area contributed by atoms with E-state index in [1.807, 2.05) is 0 Å². The van der Waals surface area contributed by atoms with Gasteiger partial charge in [0.25, 0.3) is 5.97 Å². The summed E-state index contributed by atoms with van der Waals surface area (Å²) in [5.41, 5.74) is 0. The SMILES string of the molecule is CC(=O)O.Oc1ccc(Cl)c(Cl)c1. The molecular weight excluding hydrogens is 215 g/mol. The van der Waals surface area contributed by atoms with Crippen molar-refractivity contribution >= 4 is 29.2 Å². The van der Waals surface area contributed by atoms with Crippen LogP contribution < -0.4 is 0 Å². The van der Waals surface area contributed by atoms with E-state index in [9.17, 15) is 0 Å². The van der Waals surface area contributed by atoms with Crippen LogP contribution in [0.15, 0.2) is 18.2 Å². The zero-order chi connectivity index (χ0) is 10.4. The Labute approximate surface area is 85.5 Å². The van der Waals surface area contributed by atoms with Crippen molar-refractivity contribution in [1.82, 2.24) is 0 Å². The van der Waals surface area contributed by atoms with Crippen LogP contribution in [-0.4, -0.2) is 16.2 Å². The maximum absolute atomic E-state index is 9.00. The van der Waals surface area contributed by atoms with Gasteiger partial charge in [-0.05, 0) is 18.2 Å². The largest absolute Gasteiger partial charge is 0.508 e. The van der Waals surface area contributed by atoms with E-state index < -0.39 is 5.97 Å². The second-order valence-electron chi connectivity index (χ2n) is 2.12. The first-order valence-corrected chi connectivity index (χ1v) is 4.02. The number of aliphatic carboxylic acids is 1. The van der Waals surface area contributed by atoms with Crippen LogP contribution in [0.1, 0.15) is 6.92 Å². The molecule has 1 rings (SSSR count). The first-order chi connectivity index (χ1) is 5.93. The van der Waals surface area contributed by atoms with Gasteiger partial charge < -0.3 is 10.2 Å². The monoisotopic (exact) mass is 222 g/mol. The van der Waals surface area contributed by atoms with Gasteiger partial charge in [0, 0.05) is 6.92 Å². The topological polar surface area (TPSA) is 57.5 Å². The van der Waals surface area contributed by atoms with Gasteiger partial charge in [0.05, 0.1) is 10.0 Å². The summed E-state index contributed by atoms with van der Waals surface area (Å²) in [6.07, 6.45) is 0. The third kappa shape index (κ3) is 6.25. The average molecular weight is 223 g/mol. The van der Waals surface area contributed by atoms with Gasteiger partial charge in [0.1, 0.15) is 5.75 Å². The van der Waals surface area contributed by atoms with Crippen molar-refractivity contribution in [2.24, 2.45) is 0 Å². The molecule has 0 aliphatic heterocycles. The van der Waals surface area contributed by atoms with E-state index in [4.69, 9.17) is 38.2 Å². The van der Waals surface area contributed by atoms with Crippen molar-refractivity contribution < 1.29 is 15.0 Å². The second-order valence-corrected chi connectivity index (χ2v) is 2.93. The predicted molar refractivity (Wildman–Crippen MR) is 51.4 cm³/mol. The molecule has 3 nitrogen and oxygen atoms in total. The van der Waals surface area contributed by atoms with Crippen LogP contribution >= 0.6 is 23.2 Å². The lowest BCUT2D eigenvalue weighted by Crippen LogP contribution is -1.78. The highest BCUT2D eigenvalue weighted by atomic mass is 35.5. The van der Waals surface area contributed by atoms with Crippen molar-refractivity contribution in [3.63, 3.8) is 0 Å². The number of halogens is 2. The number of phenols is 1. The molecule has 72 valence electrons. The molecule has 0 bridgehead atoms. The number of phenolic OH excluding ortho intramolecular Hbond substituents is 1. The summed E-state index contributed by atoms with van der Waals surface area (Å²) in [6, 6.07) is 4.41. The summed E-state index contributed by atoms with van der Waals surface area (Å²) in [7, 11) is 0. The number of carbonyl (C=O) groups is 1. The highest BCUT2D eigenvalue weighted by molar-refractivity contribution is 6.42. The molecule has 0 aromatic heterocycles. The van der Waals surface area contributed by atoms with Crippen molar-refractivity contribution in [2.45, 2.75) is 6.92 Å². The number of carboxylic acids is 1. The molecule has 0 heterocycles. The van der Waals surface area contributed by atoms with Crippen molar-refractivity contribution in [3.05, 3.63) is 28.2 Å². The predicted octanol–water partition coefficient (Wildman–Crippen LogP) is 2.79.